The van der Waals surface area contributed by atoms with E-state index in [0.717, 1.165) is 53.4 Å². The molecule has 0 atom stereocenters. The Morgan fingerprint density at radius 1 is 0.841 bits per heavy atom. The number of carbonyl (C=O) groups is 2. The molecule has 0 radical (unpaired) electrons. The van der Waals surface area contributed by atoms with Crippen LogP contribution in [0.2, 0.25) is 0 Å². The van der Waals surface area contributed by atoms with Crippen molar-refractivity contribution in [3.63, 3.8) is 0 Å². The second-order valence-corrected chi connectivity index (χ2v) is 11.0. The Bertz CT molecular complexity index is 1500. The standard InChI is InChI=1S/C35H40F3N3O3/c1-3-4-8-26-11-15-28(16-12-26)34(43)41(20-7-22-44-2)25-33(42)40(24-27-13-17-30(18-14-27)35(36,37)38)21-19-29-23-39-32-10-6-5-9-31(29)32/h5-6,9-18,23,39H,3-4,7-8,19-22,24-25H2,1-2H3. The number of nitrogens with one attached hydrogen (secondary N) is 1. The van der Waals surface area contributed by atoms with Crippen LogP contribution in [0.5, 0.6) is 0 Å². The summed E-state index contributed by atoms with van der Waals surface area (Å²) in [5, 5.41) is 1.05. The van der Waals surface area contributed by atoms with Gasteiger partial charge in [0.15, 0.2) is 0 Å². The van der Waals surface area contributed by atoms with Crippen LogP contribution in [0.1, 0.15) is 58.8 Å². The zero-order valence-electron chi connectivity index (χ0n) is 25.3. The number of alkyl halides is 3. The van der Waals surface area contributed by atoms with Gasteiger partial charge < -0.3 is 19.5 Å². The van der Waals surface area contributed by atoms with E-state index in [1.54, 1.807) is 24.1 Å². The van der Waals surface area contributed by atoms with Gasteiger partial charge in [-0.05, 0) is 72.7 Å². The van der Waals surface area contributed by atoms with Gasteiger partial charge in [-0.25, -0.2) is 0 Å². The van der Waals surface area contributed by atoms with Crippen LogP contribution in [-0.4, -0.2) is 59.9 Å². The van der Waals surface area contributed by atoms with Crippen LogP contribution in [0.15, 0.2) is 79.0 Å². The third-order valence-corrected chi connectivity index (χ3v) is 7.74. The van der Waals surface area contributed by atoms with E-state index in [2.05, 4.69) is 11.9 Å². The molecular formula is C35H40F3N3O3. The summed E-state index contributed by atoms with van der Waals surface area (Å²) in [5.74, 6) is -0.530. The minimum absolute atomic E-state index is 0.117. The van der Waals surface area contributed by atoms with Crippen molar-refractivity contribution in [2.24, 2.45) is 0 Å². The predicted molar refractivity (Wildman–Crippen MR) is 166 cm³/mol. The van der Waals surface area contributed by atoms with Crippen molar-refractivity contribution in [1.82, 2.24) is 14.8 Å². The maximum atomic E-state index is 13.9. The molecule has 1 N–H and O–H groups in total. The number of aryl methyl sites for hydroxylation is 1. The van der Waals surface area contributed by atoms with Crippen LogP contribution in [0.3, 0.4) is 0 Å². The van der Waals surface area contributed by atoms with E-state index in [-0.39, 0.29) is 24.9 Å². The number of unbranched alkanes of at least 4 members (excludes halogenated alkanes) is 1. The van der Waals surface area contributed by atoms with Gasteiger partial charge in [-0.3, -0.25) is 9.59 Å². The summed E-state index contributed by atoms with van der Waals surface area (Å²) in [7, 11) is 1.59. The van der Waals surface area contributed by atoms with Gasteiger partial charge in [-0.1, -0.05) is 55.8 Å². The van der Waals surface area contributed by atoms with Gasteiger partial charge in [-0.15, -0.1) is 0 Å². The molecule has 2 amide bonds. The normalized spacial score (nSPS) is 11.6. The number of fused-ring (bicyclic) bond motifs is 1. The topological polar surface area (TPSA) is 65.6 Å². The first-order valence-electron chi connectivity index (χ1n) is 15.1. The largest absolute Gasteiger partial charge is 0.416 e. The number of rotatable bonds is 15. The summed E-state index contributed by atoms with van der Waals surface area (Å²) in [4.78, 5) is 33.9. The molecule has 0 aliphatic heterocycles. The Balaban J connectivity index is 1.54. The Labute approximate surface area is 256 Å². The molecule has 0 spiro atoms. The third-order valence-electron chi connectivity index (χ3n) is 7.74. The van der Waals surface area contributed by atoms with Gasteiger partial charge in [0.2, 0.25) is 5.91 Å². The molecule has 4 aromatic rings. The molecule has 0 unspecified atom stereocenters. The molecule has 3 aromatic carbocycles. The van der Waals surface area contributed by atoms with E-state index in [1.807, 2.05) is 42.6 Å². The van der Waals surface area contributed by atoms with Gasteiger partial charge in [-0.2, -0.15) is 13.2 Å². The van der Waals surface area contributed by atoms with Gasteiger partial charge in [0, 0.05) is 56.0 Å². The highest BCUT2D eigenvalue weighted by atomic mass is 19.4. The maximum absolute atomic E-state index is 13.9. The fourth-order valence-corrected chi connectivity index (χ4v) is 5.20. The van der Waals surface area contributed by atoms with Crippen molar-refractivity contribution in [1.29, 1.82) is 0 Å². The van der Waals surface area contributed by atoms with Crippen molar-refractivity contribution >= 4 is 22.7 Å². The molecule has 1 aromatic heterocycles. The van der Waals surface area contributed by atoms with Crippen molar-refractivity contribution in [3.8, 4) is 0 Å². The fraction of sp³-hybridized carbons (Fsp3) is 0.371. The average molecular weight is 608 g/mol. The number of aromatic amines is 1. The van der Waals surface area contributed by atoms with E-state index in [4.69, 9.17) is 4.74 Å². The molecule has 0 saturated carbocycles. The summed E-state index contributed by atoms with van der Waals surface area (Å²) in [6.45, 7) is 3.18. The monoisotopic (exact) mass is 607 g/mol. The van der Waals surface area contributed by atoms with Crippen LogP contribution >= 0.6 is 0 Å². The number of amides is 2. The van der Waals surface area contributed by atoms with Gasteiger partial charge in [0.05, 0.1) is 5.56 Å². The number of methoxy groups -OCH3 is 1. The van der Waals surface area contributed by atoms with E-state index in [0.29, 0.717) is 43.7 Å². The first kappa shape index (κ1) is 32.8. The van der Waals surface area contributed by atoms with Crippen LogP contribution < -0.4 is 0 Å². The molecule has 0 aliphatic carbocycles. The van der Waals surface area contributed by atoms with Crippen molar-refractivity contribution in [2.45, 2.75) is 51.7 Å². The van der Waals surface area contributed by atoms with E-state index < -0.39 is 11.7 Å². The molecule has 4 rings (SSSR count). The molecule has 0 fully saturated rings. The Morgan fingerprint density at radius 2 is 1.55 bits per heavy atom. The molecule has 9 heteroatoms. The first-order valence-corrected chi connectivity index (χ1v) is 15.1. The zero-order chi connectivity index (χ0) is 31.5. The average Bonchev–Trinajstić information content (AvgIpc) is 3.44. The lowest BCUT2D eigenvalue weighted by molar-refractivity contribution is -0.137. The van der Waals surface area contributed by atoms with Gasteiger partial charge in [0.1, 0.15) is 6.54 Å². The van der Waals surface area contributed by atoms with Gasteiger partial charge >= 0.3 is 6.18 Å². The summed E-state index contributed by atoms with van der Waals surface area (Å²) >= 11 is 0. The highest BCUT2D eigenvalue weighted by molar-refractivity contribution is 5.96. The zero-order valence-corrected chi connectivity index (χ0v) is 25.3. The highest BCUT2D eigenvalue weighted by Gasteiger charge is 2.30. The Morgan fingerprint density at radius 3 is 2.23 bits per heavy atom. The Hall–Kier alpha value is -4.11. The lowest BCUT2D eigenvalue weighted by Gasteiger charge is -2.28. The number of carbonyl (C=O) groups excluding carboxylic acids is 2. The SMILES string of the molecule is CCCCc1ccc(C(=O)N(CCCOC)CC(=O)N(CCc2c[nH]c3ccccc23)Cc2ccc(C(F)(F)F)cc2)cc1. The van der Waals surface area contributed by atoms with E-state index in [9.17, 15) is 22.8 Å². The number of halogens is 3. The summed E-state index contributed by atoms with van der Waals surface area (Å²) in [6.07, 6.45) is 1.65. The van der Waals surface area contributed by atoms with Crippen LogP contribution in [-0.2, 0) is 35.1 Å². The minimum Gasteiger partial charge on any atom is -0.385 e. The Kier molecular flexibility index (Phi) is 11.6. The van der Waals surface area contributed by atoms with Crippen LogP contribution in [0, 0.1) is 0 Å². The molecule has 234 valence electrons. The molecule has 6 nitrogen and oxygen atoms in total. The highest BCUT2D eigenvalue weighted by Crippen LogP contribution is 2.29. The van der Waals surface area contributed by atoms with Crippen molar-refractivity contribution in [3.05, 3.63) is 107 Å². The number of aromatic nitrogens is 1. The molecule has 0 saturated heterocycles. The number of ether oxygens (including phenoxy) is 1. The minimum atomic E-state index is -4.44. The lowest BCUT2D eigenvalue weighted by atomic mass is 10.1. The number of nitrogens with zero attached hydrogens (tertiary/aromatic N) is 2. The number of hydrogen-bond donors (Lipinski definition) is 1. The molecule has 0 bridgehead atoms. The number of H-pyrrole nitrogens is 1. The summed E-state index contributed by atoms with van der Waals surface area (Å²) in [6, 6.07) is 20.2. The molecular weight excluding hydrogens is 567 g/mol. The van der Waals surface area contributed by atoms with E-state index in [1.165, 1.54) is 17.0 Å². The smallest absolute Gasteiger partial charge is 0.385 e. The van der Waals surface area contributed by atoms with Crippen molar-refractivity contribution in [2.75, 3.05) is 33.4 Å². The number of benzene rings is 3. The number of hydrogen-bond acceptors (Lipinski definition) is 3. The quantitative estimate of drug-likeness (QED) is 0.145. The lowest BCUT2D eigenvalue weighted by Crippen LogP contribution is -2.44. The summed E-state index contributed by atoms with van der Waals surface area (Å²) in [5.41, 5.74) is 3.51. The van der Waals surface area contributed by atoms with E-state index >= 15 is 0 Å². The summed E-state index contributed by atoms with van der Waals surface area (Å²) < 4.78 is 44.7. The van der Waals surface area contributed by atoms with Gasteiger partial charge in [0.25, 0.3) is 5.91 Å². The third kappa shape index (κ3) is 8.95. The maximum Gasteiger partial charge on any atom is 0.416 e. The fourth-order valence-electron chi connectivity index (χ4n) is 5.20. The second-order valence-electron chi connectivity index (χ2n) is 11.0. The first-order chi connectivity index (χ1) is 21.2. The molecule has 1 heterocycles. The second kappa shape index (κ2) is 15.6. The van der Waals surface area contributed by atoms with Crippen molar-refractivity contribution < 1.29 is 27.5 Å². The van der Waals surface area contributed by atoms with Crippen LogP contribution in [0.4, 0.5) is 13.2 Å². The molecule has 0 aliphatic rings. The predicted octanol–water partition coefficient (Wildman–Crippen LogP) is 7.28. The van der Waals surface area contributed by atoms with Crippen LogP contribution in [0.25, 0.3) is 10.9 Å². The number of para-hydroxylation sites is 1. The molecule has 44 heavy (non-hydrogen) atoms.